The molecule has 3 nitrogen and oxygen atoms in total. The van der Waals surface area contributed by atoms with Crippen molar-refractivity contribution in [2.24, 2.45) is 0 Å². The Morgan fingerprint density at radius 3 is 2.06 bits per heavy atom. The highest BCUT2D eigenvalue weighted by Crippen LogP contribution is 2.23. The van der Waals surface area contributed by atoms with E-state index in [9.17, 15) is 4.79 Å². The molecule has 0 spiro atoms. The van der Waals surface area contributed by atoms with Crippen LogP contribution in [0, 0.1) is 0 Å². The van der Waals surface area contributed by atoms with Crippen LogP contribution < -0.4 is 0 Å². The van der Waals surface area contributed by atoms with Crippen molar-refractivity contribution in [2.75, 3.05) is 7.11 Å². The lowest BCUT2D eigenvalue weighted by molar-refractivity contribution is -0.148. The summed E-state index contributed by atoms with van der Waals surface area (Å²) in [5.74, 6) is -0.982. The fourth-order valence-electron chi connectivity index (χ4n) is 1.86. The number of benzene rings is 2. The van der Waals surface area contributed by atoms with Gasteiger partial charge in [0.05, 0.1) is 0 Å². The molecule has 0 aliphatic carbocycles. The number of aliphatic carboxylic acids is 1. The summed E-state index contributed by atoms with van der Waals surface area (Å²) in [7, 11) is 1.39. The molecule has 3 heteroatoms. The van der Waals surface area contributed by atoms with Crippen LogP contribution in [0.2, 0.25) is 0 Å². The summed E-state index contributed by atoms with van der Waals surface area (Å²) < 4.78 is 4.94. The molecule has 2 aromatic carbocycles. The third-order valence-electron chi connectivity index (χ3n) is 2.78. The van der Waals surface area contributed by atoms with Crippen LogP contribution in [0.4, 0.5) is 0 Å². The lowest BCUT2D eigenvalue weighted by Gasteiger charge is -2.11. The van der Waals surface area contributed by atoms with Crippen molar-refractivity contribution < 1.29 is 14.6 Å². The average Bonchev–Trinajstić information content (AvgIpc) is 2.41. The van der Waals surface area contributed by atoms with E-state index in [2.05, 4.69) is 0 Å². The fraction of sp³-hybridized carbons (Fsp3) is 0.133. The highest BCUT2D eigenvalue weighted by molar-refractivity contribution is 5.75. The van der Waals surface area contributed by atoms with Gasteiger partial charge in [-0.05, 0) is 16.7 Å². The van der Waals surface area contributed by atoms with E-state index in [1.165, 1.54) is 7.11 Å². The maximum atomic E-state index is 11.0. The van der Waals surface area contributed by atoms with Crippen LogP contribution in [0.5, 0.6) is 0 Å². The lowest BCUT2D eigenvalue weighted by atomic mass is 10.0. The standard InChI is InChI=1S/C15H14O3/c1-18-14(15(16)17)13-9-7-12(8-10-13)11-5-3-2-4-6-11/h2-10,14H,1H3,(H,16,17)/t14-/m1/s1. The first-order valence-corrected chi connectivity index (χ1v) is 5.63. The summed E-state index contributed by atoms with van der Waals surface area (Å²) in [6.45, 7) is 0. The van der Waals surface area contributed by atoms with Gasteiger partial charge in [0, 0.05) is 7.11 Å². The zero-order valence-electron chi connectivity index (χ0n) is 10.0. The molecule has 92 valence electrons. The van der Waals surface area contributed by atoms with Crippen molar-refractivity contribution in [3.05, 3.63) is 60.2 Å². The number of carboxylic acids is 1. The first-order valence-electron chi connectivity index (χ1n) is 5.63. The third kappa shape index (κ3) is 2.57. The average molecular weight is 242 g/mol. The molecule has 0 heterocycles. The first kappa shape index (κ1) is 12.3. The summed E-state index contributed by atoms with van der Waals surface area (Å²) in [5.41, 5.74) is 2.80. The van der Waals surface area contributed by atoms with E-state index in [0.29, 0.717) is 5.56 Å². The van der Waals surface area contributed by atoms with E-state index >= 15 is 0 Å². The third-order valence-corrected chi connectivity index (χ3v) is 2.78. The summed E-state index contributed by atoms with van der Waals surface area (Å²) in [6, 6.07) is 17.3. The van der Waals surface area contributed by atoms with Gasteiger partial charge in [-0.25, -0.2) is 4.79 Å². The van der Waals surface area contributed by atoms with E-state index in [-0.39, 0.29) is 0 Å². The zero-order chi connectivity index (χ0) is 13.0. The van der Waals surface area contributed by atoms with Gasteiger partial charge in [0.1, 0.15) is 0 Å². The van der Waals surface area contributed by atoms with Gasteiger partial charge in [0.25, 0.3) is 0 Å². The van der Waals surface area contributed by atoms with Crippen molar-refractivity contribution in [3.8, 4) is 11.1 Å². The number of methoxy groups -OCH3 is 1. The van der Waals surface area contributed by atoms with Crippen LogP contribution in [0.25, 0.3) is 11.1 Å². The second-order valence-electron chi connectivity index (χ2n) is 3.94. The Balaban J connectivity index is 2.28. The largest absolute Gasteiger partial charge is 0.479 e. The number of rotatable bonds is 4. The molecule has 0 aliphatic rings. The Morgan fingerprint density at radius 2 is 1.56 bits per heavy atom. The Labute approximate surface area is 106 Å². The molecule has 18 heavy (non-hydrogen) atoms. The van der Waals surface area contributed by atoms with Gasteiger partial charge in [-0.15, -0.1) is 0 Å². The molecule has 0 saturated carbocycles. The topological polar surface area (TPSA) is 46.5 Å². The smallest absolute Gasteiger partial charge is 0.337 e. The van der Waals surface area contributed by atoms with Gasteiger partial charge < -0.3 is 9.84 Å². The second kappa shape index (κ2) is 5.47. The first-order chi connectivity index (χ1) is 8.72. The van der Waals surface area contributed by atoms with Crippen LogP contribution in [-0.2, 0) is 9.53 Å². The molecular weight excluding hydrogens is 228 g/mol. The molecule has 0 aromatic heterocycles. The van der Waals surface area contributed by atoms with E-state index < -0.39 is 12.1 Å². The Hall–Kier alpha value is -2.13. The second-order valence-corrected chi connectivity index (χ2v) is 3.94. The van der Waals surface area contributed by atoms with Gasteiger partial charge in [-0.1, -0.05) is 54.6 Å². The number of carbonyl (C=O) groups is 1. The Kier molecular flexibility index (Phi) is 3.75. The fourth-order valence-corrected chi connectivity index (χ4v) is 1.86. The summed E-state index contributed by atoms with van der Waals surface area (Å²) in [5, 5.41) is 8.99. The van der Waals surface area contributed by atoms with Crippen LogP contribution in [0.15, 0.2) is 54.6 Å². The van der Waals surface area contributed by atoms with Crippen molar-refractivity contribution in [3.63, 3.8) is 0 Å². The highest BCUT2D eigenvalue weighted by atomic mass is 16.5. The van der Waals surface area contributed by atoms with Gasteiger partial charge in [-0.2, -0.15) is 0 Å². The SMILES string of the molecule is CO[C@@H](C(=O)O)c1ccc(-c2ccccc2)cc1. The minimum Gasteiger partial charge on any atom is -0.479 e. The molecule has 1 N–H and O–H groups in total. The van der Waals surface area contributed by atoms with Gasteiger partial charge >= 0.3 is 5.97 Å². The lowest BCUT2D eigenvalue weighted by Crippen LogP contribution is -2.13. The monoisotopic (exact) mass is 242 g/mol. The molecule has 0 fully saturated rings. The van der Waals surface area contributed by atoms with Crippen molar-refractivity contribution in [1.82, 2.24) is 0 Å². The van der Waals surface area contributed by atoms with E-state index in [1.807, 2.05) is 42.5 Å². The summed E-state index contributed by atoms with van der Waals surface area (Å²) >= 11 is 0. The van der Waals surface area contributed by atoms with Crippen LogP contribution in [0.3, 0.4) is 0 Å². The summed E-state index contributed by atoms with van der Waals surface area (Å²) in [4.78, 5) is 11.0. The number of ether oxygens (including phenoxy) is 1. The number of carboxylic acid groups (broad SMARTS) is 1. The number of hydrogen-bond acceptors (Lipinski definition) is 2. The van der Waals surface area contributed by atoms with Crippen LogP contribution in [-0.4, -0.2) is 18.2 Å². The van der Waals surface area contributed by atoms with E-state index in [4.69, 9.17) is 9.84 Å². The van der Waals surface area contributed by atoms with E-state index in [1.54, 1.807) is 12.1 Å². The van der Waals surface area contributed by atoms with Crippen molar-refractivity contribution >= 4 is 5.97 Å². The van der Waals surface area contributed by atoms with Gasteiger partial charge in [-0.3, -0.25) is 0 Å². The van der Waals surface area contributed by atoms with Gasteiger partial charge in [0.15, 0.2) is 6.10 Å². The molecule has 1 atom stereocenters. The van der Waals surface area contributed by atoms with E-state index in [0.717, 1.165) is 11.1 Å². The minimum absolute atomic E-state index is 0.643. The predicted molar refractivity (Wildman–Crippen MR) is 69.3 cm³/mol. The molecule has 0 aliphatic heterocycles. The predicted octanol–water partition coefficient (Wildman–Crippen LogP) is 3.13. The maximum absolute atomic E-state index is 11.0. The minimum atomic E-state index is -0.982. The molecular formula is C15H14O3. The molecule has 2 aromatic rings. The van der Waals surface area contributed by atoms with Crippen molar-refractivity contribution in [1.29, 1.82) is 0 Å². The highest BCUT2D eigenvalue weighted by Gasteiger charge is 2.18. The zero-order valence-corrected chi connectivity index (χ0v) is 10.0. The summed E-state index contributed by atoms with van der Waals surface area (Å²) in [6.07, 6.45) is -0.908. The molecule has 0 unspecified atom stereocenters. The quantitative estimate of drug-likeness (QED) is 0.896. The molecule has 0 amide bonds. The molecule has 0 bridgehead atoms. The van der Waals surface area contributed by atoms with Gasteiger partial charge in [0.2, 0.25) is 0 Å². The van der Waals surface area contributed by atoms with Crippen LogP contribution >= 0.6 is 0 Å². The number of hydrogen-bond donors (Lipinski definition) is 1. The molecule has 0 saturated heterocycles. The normalized spacial score (nSPS) is 12.1. The molecule has 2 rings (SSSR count). The van der Waals surface area contributed by atoms with Crippen molar-refractivity contribution in [2.45, 2.75) is 6.10 Å². The molecule has 0 radical (unpaired) electrons. The van der Waals surface area contributed by atoms with Crippen LogP contribution in [0.1, 0.15) is 11.7 Å². The Morgan fingerprint density at radius 1 is 1.00 bits per heavy atom. The maximum Gasteiger partial charge on any atom is 0.337 e. The Bertz CT molecular complexity index is 517.